The second-order valence-corrected chi connectivity index (χ2v) is 6.56. The number of anilines is 1. The fourth-order valence-electron chi connectivity index (χ4n) is 3.46. The molecule has 9 heteroatoms. The summed E-state index contributed by atoms with van der Waals surface area (Å²) in [6.45, 7) is -0.306. The van der Waals surface area contributed by atoms with E-state index < -0.39 is 23.7 Å². The molecule has 0 radical (unpaired) electrons. The van der Waals surface area contributed by atoms with E-state index in [1.165, 1.54) is 18.1 Å². The molecule has 120 valence electrons. The molecule has 1 fully saturated rings. The highest BCUT2D eigenvalue weighted by molar-refractivity contribution is 7.98. The molecule has 0 spiro atoms. The van der Waals surface area contributed by atoms with Crippen molar-refractivity contribution in [3.63, 3.8) is 0 Å². The highest BCUT2D eigenvalue weighted by Gasteiger charge is 2.63. The number of hydrogen-bond donors (Lipinski definition) is 4. The molecule has 5 N–H and O–H groups in total. The van der Waals surface area contributed by atoms with Gasteiger partial charge in [0.05, 0.1) is 30.3 Å². The van der Waals surface area contributed by atoms with Crippen LogP contribution < -0.4 is 5.73 Å². The fourth-order valence-corrected chi connectivity index (χ4v) is 3.83. The predicted molar refractivity (Wildman–Crippen MR) is 83.4 cm³/mol. The molecular weight excluding hydrogens is 318 g/mol. The molecule has 4 rings (SSSR count). The second kappa shape index (κ2) is 4.82. The lowest BCUT2D eigenvalue weighted by molar-refractivity contribution is -0.0300. The van der Waals surface area contributed by atoms with Gasteiger partial charge in [0.15, 0.2) is 16.6 Å². The SMILES string of the molecule is CSc1nc(N)c2ncn([C@H]3[C@H](O)[C@H](O)[C@]4(CO)C#C[C@H]34)c2n1. The predicted octanol–water partition coefficient (Wildman–Crippen LogP) is -0.981. The second-order valence-electron chi connectivity index (χ2n) is 5.79. The quantitative estimate of drug-likeness (QED) is 0.320. The Morgan fingerprint density at radius 1 is 1.43 bits per heavy atom. The van der Waals surface area contributed by atoms with Crippen molar-refractivity contribution in [2.45, 2.75) is 23.4 Å². The van der Waals surface area contributed by atoms with Crippen LogP contribution in [0.4, 0.5) is 5.82 Å². The molecule has 2 aromatic rings. The molecule has 2 aliphatic carbocycles. The third-order valence-electron chi connectivity index (χ3n) is 4.75. The largest absolute Gasteiger partial charge is 0.395 e. The van der Waals surface area contributed by atoms with Crippen LogP contribution in [0.3, 0.4) is 0 Å². The van der Waals surface area contributed by atoms with Crippen LogP contribution in [-0.4, -0.2) is 59.9 Å². The standard InChI is InChI=1S/C14H15N5O3S/c1-23-13-17-11(15)7-12(18-13)19(5-16-7)8-6-2-3-14(6,4-20)10(22)9(8)21/h5-6,8-10,20-22H,4H2,1H3,(H2,15,17,18)/t6-,8-,9+,10+,14+/m1/s1. The third-order valence-corrected chi connectivity index (χ3v) is 5.30. The Bertz CT molecular complexity index is 859. The lowest BCUT2D eigenvalue weighted by Gasteiger charge is -2.35. The number of nitrogens with zero attached hydrogens (tertiary/aromatic N) is 4. The van der Waals surface area contributed by atoms with Gasteiger partial charge in [-0.15, -0.1) is 0 Å². The minimum absolute atomic E-state index is 0.263. The molecule has 0 bridgehead atoms. The summed E-state index contributed by atoms with van der Waals surface area (Å²) in [7, 11) is 0. The third kappa shape index (κ3) is 1.72. The van der Waals surface area contributed by atoms with Gasteiger partial charge in [-0.25, -0.2) is 15.0 Å². The van der Waals surface area contributed by atoms with Crippen molar-refractivity contribution in [2.24, 2.45) is 11.3 Å². The van der Waals surface area contributed by atoms with Crippen molar-refractivity contribution in [3.8, 4) is 11.8 Å². The maximum absolute atomic E-state index is 10.5. The van der Waals surface area contributed by atoms with Crippen LogP contribution in [0.5, 0.6) is 0 Å². The summed E-state index contributed by atoms with van der Waals surface area (Å²) >= 11 is 1.35. The Hall–Kier alpha value is -1.86. The summed E-state index contributed by atoms with van der Waals surface area (Å²) in [4.78, 5) is 12.8. The van der Waals surface area contributed by atoms with Crippen LogP contribution in [0.1, 0.15) is 6.04 Å². The smallest absolute Gasteiger partial charge is 0.191 e. The van der Waals surface area contributed by atoms with Crippen LogP contribution in [0, 0.1) is 23.2 Å². The van der Waals surface area contributed by atoms with E-state index in [-0.39, 0.29) is 18.3 Å². The average molecular weight is 333 g/mol. The van der Waals surface area contributed by atoms with Crippen molar-refractivity contribution >= 4 is 28.7 Å². The molecule has 0 aliphatic heterocycles. The van der Waals surface area contributed by atoms with Crippen molar-refractivity contribution in [2.75, 3.05) is 18.6 Å². The van der Waals surface area contributed by atoms with Gasteiger partial charge in [0.25, 0.3) is 0 Å². The molecule has 0 amide bonds. The van der Waals surface area contributed by atoms with E-state index in [1.54, 1.807) is 4.57 Å². The number of hydrogen-bond acceptors (Lipinski definition) is 8. The zero-order valence-electron chi connectivity index (χ0n) is 12.2. The van der Waals surface area contributed by atoms with Crippen molar-refractivity contribution in [1.29, 1.82) is 0 Å². The van der Waals surface area contributed by atoms with Gasteiger partial charge in [0.1, 0.15) is 17.7 Å². The lowest BCUT2D eigenvalue weighted by Crippen LogP contribution is -2.44. The molecule has 23 heavy (non-hydrogen) atoms. The first-order valence-electron chi connectivity index (χ1n) is 7.07. The van der Waals surface area contributed by atoms with E-state index in [9.17, 15) is 15.3 Å². The molecule has 2 aromatic heterocycles. The first kappa shape index (κ1) is 14.7. The number of fused-ring (bicyclic) bond motifs is 2. The maximum atomic E-state index is 10.5. The topological polar surface area (TPSA) is 130 Å². The highest BCUT2D eigenvalue weighted by atomic mass is 32.2. The van der Waals surface area contributed by atoms with Crippen LogP contribution in [0.2, 0.25) is 0 Å². The van der Waals surface area contributed by atoms with Crippen LogP contribution >= 0.6 is 11.8 Å². The van der Waals surface area contributed by atoms with Crippen LogP contribution in [0.15, 0.2) is 11.5 Å². The highest BCUT2D eigenvalue weighted by Crippen LogP contribution is 2.53. The Balaban J connectivity index is 1.88. The Labute approximate surface area is 135 Å². The zero-order valence-corrected chi connectivity index (χ0v) is 13.0. The summed E-state index contributed by atoms with van der Waals surface area (Å²) in [6, 6.07) is -0.549. The number of aliphatic hydroxyl groups is 3. The number of rotatable bonds is 3. The fraction of sp³-hybridized carbons (Fsp3) is 0.500. The Kier molecular flexibility index (Phi) is 3.08. The minimum Gasteiger partial charge on any atom is -0.395 e. The molecule has 2 aliphatic rings. The lowest BCUT2D eigenvalue weighted by atomic mass is 9.70. The summed E-state index contributed by atoms with van der Waals surface area (Å²) in [6.07, 6.45) is 1.14. The first-order valence-corrected chi connectivity index (χ1v) is 8.29. The summed E-state index contributed by atoms with van der Waals surface area (Å²) in [5.74, 6) is 5.66. The van der Waals surface area contributed by atoms with Gasteiger partial charge in [0.2, 0.25) is 0 Å². The van der Waals surface area contributed by atoms with E-state index >= 15 is 0 Å². The molecule has 0 saturated heterocycles. The van der Waals surface area contributed by atoms with Gasteiger partial charge < -0.3 is 25.6 Å². The Morgan fingerprint density at radius 3 is 2.78 bits per heavy atom. The van der Waals surface area contributed by atoms with Gasteiger partial charge in [0, 0.05) is 0 Å². The van der Waals surface area contributed by atoms with Gasteiger partial charge in [-0.1, -0.05) is 23.6 Å². The molecule has 5 atom stereocenters. The zero-order chi connectivity index (χ0) is 16.4. The average Bonchev–Trinajstić information content (AvgIpc) is 3.00. The molecule has 2 heterocycles. The van der Waals surface area contributed by atoms with E-state index in [0.29, 0.717) is 16.3 Å². The molecular formula is C14H15N5O3S. The molecule has 0 aromatic carbocycles. The number of aromatic nitrogens is 4. The number of nitrogens with two attached hydrogens (primary N) is 1. The van der Waals surface area contributed by atoms with E-state index in [4.69, 9.17) is 5.73 Å². The van der Waals surface area contributed by atoms with E-state index in [1.807, 2.05) is 6.26 Å². The van der Waals surface area contributed by atoms with Crippen molar-refractivity contribution in [3.05, 3.63) is 6.33 Å². The minimum atomic E-state index is -1.12. The Morgan fingerprint density at radius 2 is 2.22 bits per heavy atom. The number of nitrogen functional groups attached to an aromatic ring is 1. The summed E-state index contributed by atoms with van der Waals surface area (Å²) in [5.41, 5.74) is 5.86. The van der Waals surface area contributed by atoms with Crippen molar-refractivity contribution < 1.29 is 15.3 Å². The number of imidazole rings is 1. The van der Waals surface area contributed by atoms with E-state index in [2.05, 4.69) is 26.8 Å². The normalized spacial score (nSPS) is 34.8. The van der Waals surface area contributed by atoms with Crippen LogP contribution in [0.25, 0.3) is 11.2 Å². The molecule has 8 nitrogen and oxygen atoms in total. The van der Waals surface area contributed by atoms with Gasteiger partial charge in [-0.05, 0) is 6.26 Å². The van der Waals surface area contributed by atoms with Crippen LogP contribution in [-0.2, 0) is 0 Å². The van der Waals surface area contributed by atoms with Gasteiger partial charge in [-0.3, -0.25) is 0 Å². The van der Waals surface area contributed by atoms with Crippen molar-refractivity contribution in [1.82, 2.24) is 19.5 Å². The monoisotopic (exact) mass is 333 g/mol. The number of aliphatic hydroxyl groups excluding tert-OH is 3. The first-order chi connectivity index (χ1) is 11.0. The maximum Gasteiger partial charge on any atom is 0.191 e. The summed E-state index contributed by atoms with van der Waals surface area (Å²) < 4.78 is 1.68. The van der Waals surface area contributed by atoms with Gasteiger partial charge >= 0.3 is 0 Å². The molecule has 0 unspecified atom stereocenters. The van der Waals surface area contributed by atoms with E-state index in [0.717, 1.165) is 0 Å². The number of thioether (sulfide) groups is 1. The van der Waals surface area contributed by atoms with Gasteiger partial charge in [-0.2, -0.15) is 0 Å². The molecule has 1 saturated carbocycles. The summed E-state index contributed by atoms with van der Waals surface area (Å²) in [5, 5.41) is 31.0.